The van der Waals surface area contributed by atoms with E-state index in [4.69, 9.17) is 0 Å². The average molecular weight is 295 g/mol. The summed E-state index contributed by atoms with van der Waals surface area (Å²) in [6, 6.07) is 8.17. The molecule has 6 heteroatoms. The second-order valence-corrected chi connectivity index (χ2v) is 5.03. The van der Waals surface area contributed by atoms with E-state index in [9.17, 15) is 4.79 Å². The van der Waals surface area contributed by atoms with Crippen LogP contribution in [0.2, 0.25) is 0 Å². The lowest BCUT2D eigenvalue weighted by atomic mass is 10.2. The molecule has 2 aromatic rings. The number of rotatable bonds is 2. The maximum Gasteiger partial charge on any atom is 0.244 e. The van der Waals surface area contributed by atoms with Crippen LogP contribution in [0.25, 0.3) is 10.9 Å². The second-order valence-electron chi connectivity index (χ2n) is 5.03. The number of hydrogen-bond donors (Lipinski definition) is 1. The van der Waals surface area contributed by atoms with E-state index in [0.717, 1.165) is 30.5 Å². The fourth-order valence-electron chi connectivity index (χ4n) is 2.54. The molecular weight excluding hydrogens is 276 g/mol. The maximum absolute atomic E-state index is 12.3. The van der Waals surface area contributed by atoms with Gasteiger partial charge in [0.2, 0.25) is 5.91 Å². The molecule has 0 saturated carbocycles. The molecule has 0 aliphatic carbocycles. The van der Waals surface area contributed by atoms with E-state index in [1.165, 1.54) is 0 Å². The summed E-state index contributed by atoms with van der Waals surface area (Å²) in [5.41, 5.74) is 0.934. The summed E-state index contributed by atoms with van der Waals surface area (Å²) in [6.45, 7) is 4.91. The quantitative estimate of drug-likeness (QED) is 0.908. The first-order valence-electron chi connectivity index (χ1n) is 6.66. The minimum absolute atomic E-state index is 0. The van der Waals surface area contributed by atoms with Crippen LogP contribution in [0.1, 0.15) is 6.92 Å². The van der Waals surface area contributed by atoms with E-state index >= 15 is 0 Å². The van der Waals surface area contributed by atoms with Gasteiger partial charge in [0.1, 0.15) is 6.54 Å². The van der Waals surface area contributed by atoms with Crippen LogP contribution in [0.3, 0.4) is 0 Å². The van der Waals surface area contributed by atoms with E-state index in [-0.39, 0.29) is 24.4 Å². The monoisotopic (exact) mass is 294 g/mol. The molecule has 3 rings (SSSR count). The number of amides is 1. The summed E-state index contributed by atoms with van der Waals surface area (Å²) in [6.07, 6.45) is 1.93. The van der Waals surface area contributed by atoms with Gasteiger partial charge in [-0.15, -0.1) is 12.4 Å². The van der Waals surface area contributed by atoms with E-state index in [0.29, 0.717) is 6.54 Å². The van der Waals surface area contributed by atoms with Crippen molar-refractivity contribution < 1.29 is 4.79 Å². The van der Waals surface area contributed by atoms with Crippen LogP contribution in [0.15, 0.2) is 30.5 Å². The number of halogens is 1. The van der Waals surface area contributed by atoms with Crippen molar-refractivity contribution in [1.29, 1.82) is 0 Å². The topological polar surface area (TPSA) is 50.2 Å². The minimum atomic E-state index is 0. The number of piperazine rings is 1. The van der Waals surface area contributed by atoms with Gasteiger partial charge in [-0.05, 0) is 13.0 Å². The Morgan fingerprint density at radius 2 is 2.25 bits per heavy atom. The van der Waals surface area contributed by atoms with Gasteiger partial charge in [0.25, 0.3) is 0 Å². The normalized spacial score (nSPS) is 18.9. The molecule has 0 spiro atoms. The summed E-state index contributed by atoms with van der Waals surface area (Å²) in [5.74, 6) is 0.141. The standard InChI is InChI=1S/C14H18N4O.ClH/c1-11-8-15-6-7-18(11)14(19)10-17-9-12-4-2-3-5-13(12)16-17;/h2-5,9,11,15H,6-8,10H2,1H3;1H/t11-;/m1./s1. The summed E-state index contributed by atoms with van der Waals surface area (Å²) < 4.78 is 1.74. The highest BCUT2D eigenvalue weighted by atomic mass is 35.5. The van der Waals surface area contributed by atoms with Crippen molar-refractivity contribution in [2.24, 2.45) is 0 Å². The number of nitrogens with one attached hydrogen (secondary N) is 1. The third-order valence-corrected chi connectivity index (χ3v) is 3.58. The molecule has 2 heterocycles. The van der Waals surface area contributed by atoms with Gasteiger partial charge in [-0.3, -0.25) is 9.48 Å². The first-order chi connectivity index (χ1) is 9.24. The molecular formula is C14H19ClN4O. The highest BCUT2D eigenvalue weighted by molar-refractivity contribution is 5.85. The molecule has 0 bridgehead atoms. The first-order valence-corrected chi connectivity index (χ1v) is 6.66. The Morgan fingerprint density at radius 1 is 1.45 bits per heavy atom. The number of carbonyl (C=O) groups excluding carboxylic acids is 1. The van der Waals surface area contributed by atoms with Crippen LogP contribution < -0.4 is 5.32 Å². The van der Waals surface area contributed by atoms with E-state index in [1.807, 2.05) is 35.4 Å². The molecule has 1 aliphatic heterocycles. The Labute approximate surface area is 124 Å². The van der Waals surface area contributed by atoms with Crippen molar-refractivity contribution in [2.75, 3.05) is 19.6 Å². The Morgan fingerprint density at radius 3 is 3.00 bits per heavy atom. The lowest BCUT2D eigenvalue weighted by Gasteiger charge is -2.33. The Bertz CT molecular complexity index is 565. The molecule has 1 amide bonds. The summed E-state index contributed by atoms with van der Waals surface area (Å²) >= 11 is 0. The molecule has 0 radical (unpaired) electrons. The predicted octanol–water partition coefficient (Wildman–Crippen LogP) is 1.28. The van der Waals surface area contributed by atoms with E-state index in [2.05, 4.69) is 17.3 Å². The van der Waals surface area contributed by atoms with Crippen LogP contribution in [-0.4, -0.2) is 46.3 Å². The van der Waals surface area contributed by atoms with Gasteiger partial charge in [-0.25, -0.2) is 0 Å². The van der Waals surface area contributed by atoms with Gasteiger partial charge in [-0.1, -0.05) is 18.2 Å². The van der Waals surface area contributed by atoms with Crippen molar-refractivity contribution in [3.05, 3.63) is 30.5 Å². The van der Waals surface area contributed by atoms with Gasteiger partial charge < -0.3 is 10.2 Å². The molecule has 108 valence electrons. The molecule has 1 aromatic carbocycles. The van der Waals surface area contributed by atoms with Crippen LogP contribution in [0.5, 0.6) is 0 Å². The highest BCUT2D eigenvalue weighted by Crippen LogP contribution is 2.11. The Kier molecular flexibility index (Phi) is 4.62. The third kappa shape index (κ3) is 2.94. The van der Waals surface area contributed by atoms with E-state index < -0.39 is 0 Å². The molecule has 1 atom stereocenters. The molecule has 0 unspecified atom stereocenters. The number of nitrogens with zero attached hydrogens (tertiary/aromatic N) is 3. The maximum atomic E-state index is 12.3. The highest BCUT2D eigenvalue weighted by Gasteiger charge is 2.23. The lowest BCUT2D eigenvalue weighted by Crippen LogP contribution is -2.53. The van der Waals surface area contributed by atoms with E-state index in [1.54, 1.807) is 4.68 Å². The third-order valence-electron chi connectivity index (χ3n) is 3.58. The molecule has 1 saturated heterocycles. The van der Waals surface area contributed by atoms with Crippen LogP contribution in [-0.2, 0) is 11.3 Å². The van der Waals surface area contributed by atoms with Crippen LogP contribution in [0.4, 0.5) is 0 Å². The number of carbonyl (C=O) groups is 1. The van der Waals surface area contributed by atoms with Gasteiger partial charge in [0.05, 0.1) is 5.52 Å². The number of aromatic nitrogens is 2. The molecule has 1 aromatic heterocycles. The van der Waals surface area contributed by atoms with Crippen molar-refractivity contribution in [2.45, 2.75) is 19.5 Å². The van der Waals surface area contributed by atoms with Gasteiger partial charge in [0, 0.05) is 37.3 Å². The number of fused-ring (bicyclic) bond motifs is 1. The SMILES string of the molecule is C[C@@H]1CNCCN1C(=O)Cn1cc2ccccc2n1.Cl. The van der Waals surface area contributed by atoms with Crippen molar-refractivity contribution in [3.63, 3.8) is 0 Å². The molecule has 1 N–H and O–H groups in total. The molecule has 1 fully saturated rings. The Balaban J connectivity index is 0.00000147. The summed E-state index contributed by atoms with van der Waals surface area (Å²) in [7, 11) is 0. The zero-order valence-corrected chi connectivity index (χ0v) is 12.3. The molecule has 5 nitrogen and oxygen atoms in total. The summed E-state index contributed by atoms with van der Waals surface area (Å²) in [5, 5.41) is 8.79. The average Bonchev–Trinajstić information content (AvgIpc) is 2.81. The number of hydrogen-bond acceptors (Lipinski definition) is 3. The molecule has 20 heavy (non-hydrogen) atoms. The van der Waals surface area contributed by atoms with Crippen molar-refractivity contribution in [1.82, 2.24) is 20.0 Å². The second kappa shape index (κ2) is 6.24. The zero-order chi connectivity index (χ0) is 13.2. The van der Waals surface area contributed by atoms with Gasteiger partial charge >= 0.3 is 0 Å². The van der Waals surface area contributed by atoms with Crippen LogP contribution >= 0.6 is 12.4 Å². The Hall–Kier alpha value is -1.59. The fourth-order valence-corrected chi connectivity index (χ4v) is 2.54. The van der Waals surface area contributed by atoms with Gasteiger partial charge in [0.15, 0.2) is 0 Å². The first kappa shape index (κ1) is 14.8. The predicted molar refractivity (Wildman–Crippen MR) is 81.0 cm³/mol. The lowest BCUT2D eigenvalue weighted by molar-refractivity contribution is -0.134. The fraction of sp³-hybridized carbons (Fsp3) is 0.429. The zero-order valence-electron chi connectivity index (χ0n) is 11.5. The molecule has 1 aliphatic rings. The minimum Gasteiger partial charge on any atom is -0.336 e. The van der Waals surface area contributed by atoms with Crippen molar-refractivity contribution in [3.8, 4) is 0 Å². The number of benzene rings is 1. The van der Waals surface area contributed by atoms with Gasteiger partial charge in [-0.2, -0.15) is 5.10 Å². The van der Waals surface area contributed by atoms with Crippen LogP contribution in [0, 0.1) is 0 Å². The largest absolute Gasteiger partial charge is 0.336 e. The van der Waals surface area contributed by atoms with Crippen molar-refractivity contribution >= 4 is 29.2 Å². The summed E-state index contributed by atoms with van der Waals surface area (Å²) in [4.78, 5) is 14.2. The smallest absolute Gasteiger partial charge is 0.244 e.